The summed E-state index contributed by atoms with van der Waals surface area (Å²) in [5.41, 5.74) is 2.19. The monoisotopic (exact) mass is 275 g/mol. The molecule has 0 aliphatic heterocycles. The van der Waals surface area contributed by atoms with Gasteiger partial charge in [0, 0.05) is 19.6 Å². The van der Waals surface area contributed by atoms with Gasteiger partial charge in [-0.15, -0.1) is 0 Å². The van der Waals surface area contributed by atoms with Gasteiger partial charge in [0.15, 0.2) is 0 Å². The summed E-state index contributed by atoms with van der Waals surface area (Å²) in [6.45, 7) is 4.90. The third kappa shape index (κ3) is 3.03. The van der Waals surface area contributed by atoms with Crippen molar-refractivity contribution in [2.45, 2.75) is 32.9 Å². The lowest BCUT2D eigenvalue weighted by atomic mass is 10.3. The summed E-state index contributed by atoms with van der Waals surface area (Å²) in [6, 6.07) is 0.108. The van der Waals surface area contributed by atoms with Crippen molar-refractivity contribution in [3.63, 3.8) is 0 Å². The van der Waals surface area contributed by atoms with E-state index in [1.165, 1.54) is 0 Å². The fourth-order valence-corrected chi connectivity index (χ4v) is 2.10. The molecule has 5 heteroatoms. The average Bonchev–Trinajstić information content (AvgIpc) is 2.51. The van der Waals surface area contributed by atoms with E-state index in [0.717, 1.165) is 22.3 Å². The summed E-state index contributed by atoms with van der Waals surface area (Å²) in [7, 11) is 1.94. The van der Waals surface area contributed by atoms with E-state index in [9.17, 15) is 0 Å². The molecule has 0 radical (unpaired) electrons. The molecular weight excluding hydrogens is 258 g/mol. The van der Waals surface area contributed by atoms with E-state index in [4.69, 9.17) is 5.11 Å². The number of aliphatic hydroxyl groups is 1. The molecular formula is C10H18BrN3O. The highest BCUT2D eigenvalue weighted by atomic mass is 79.9. The van der Waals surface area contributed by atoms with Gasteiger partial charge < -0.3 is 10.4 Å². The second-order valence-electron chi connectivity index (χ2n) is 3.65. The Morgan fingerprint density at radius 2 is 2.27 bits per heavy atom. The van der Waals surface area contributed by atoms with Crippen LogP contribution < -0.4 is 5.32 Å². The van der Waals surface area contributed by atoms with Gasteiger partial charge in [-0.2, -0.15) is 5.10 Å². The highest BCUT2D eigenvalue weighted by Crippen LogP contribution is 2.21. The van der Waals surface area contributed by atoms with Crippen molar-refractivity contribution in [2.75, 3.05) is 6.61 Å². The van der Waals surface area contributed by atoms with Crippen LogP contribution in [0.15, 0.2) is 4.47 Å². The summed E-state index contributed by atoms with van der Waals surface area (Å²) in [5.74, 6) is 0. The van der Waals surface area contributed by atoms with Crippen molar-refractivity contribution in [3.8, 4) is 0 Å². The fraction of sp³-hybridized carbons (Fsp3) is 0.700. The molecule has 0 fully saturated rings. The van der Waals surface area contributed by atoms with Crippen LogP contribution in [0.1, 0.15) is 25.2 Å². The standard InChI is InChI=1S/C10H18BrN3O/c1-4-8-10(11)9(14(3)13-8)5-12-7(2)6-15/h7,12,15H,4-6H2,1-3H3. The second-order valence-corrected chi connectivity index (χ2v) is 4.44. The first kappa shape index (κ1) is 12.7. The number of hydrogen-bond donors (Lipinski definition) is 2. The number of rotatable bonds is 5. The van der Waals surface area contributed by atoms with Crippen LogP contribution in [0.2, 0.25) is 0 Å². The topological polar surface area (TPSA) is 50.1 Å². The number of aliphatic hydroxyl groups excluding tert-OH is 1. The maximum atomic E-state index is 8.91. The van der Waals surface area contributed by atoms with Gasteiger partial charge in [-0.05, 0) is 29.3 Å². The summed E-state index contributed by atoms with van der Waals surface area (Å²) in [5, 5.41) is 16.5. The number of hydrogen-bond acceptors (Lipinski definition) is 3. The van der Waals surface area contributed by atoms with Crippen LogP contribution >= 0.6 is 15.9 Å². The van der Waals surface area contributed by atoms with Gasteiger partial charge in [0.25, 0.3) is 0 Å². The lowest BCUT2D eigenvalue weighted by molar-refractivity contribution is 0.250. The van der Waals surface area contributed by atoms with Crippen LogP contribution in [-0.2, 0) is 20.0 Å². The molecule has 15 heavy (non-hydrogen) atoms. The van der Waals surface area contributed by atoms with Gasteiger partial charge in [0.05, 0.1) is 22.5 Å². The Morgan fingerprint density at radius 1 is 1.60 bits per heavy atom. The van der Waals surface area contributed by atoms with Gasteiger partial charge in [-0.1, -0.05) is 6.92 Å². The molecule has 1 heterocycles. The van der Waals surface area contributed by atoms with Gasteiger partial charge in [0.2, 0.25) is 0 Å². The number of nitrogens with zero attached hydrogens (tertiary/aromatic N) is 2. The number of aromatic nitrogens is 2. The van der Waals surface area contributed by atoms with Crippen LogP contribution in [0, 0.1) is 0 Å². The molecule has 1 aromatic rings. The lowest BCUT2D eigenvalue weighted by Gasteiger charge is -2.10. The zero-order chi connectivity index (χ0) is 11.4. The molecule has 1 aromatic heterocycles. The molecule has 0 spiro atoms. The summed E-state index contributed by atoms with van der Waals surface area (Å²) in [4.78, 5) is 0. The predicted molar refractivity (Wildman–Crippen MR) is 63.7 cm³/mol. The lowest BCUT2D eigenvalue weighted by Crippen LogP contribution is -2.29. The van der Waals surface area contributed by atoms with E-state index < -0.39 is 0 Å². The summed E-state index contributed by atoms with van der Waals surface area (Å²) in [6.07, 6.45) is 0.921. The zero-order valence-electron chi connectivity index (χ0n) is 9.42. The first-order valence-electron chi connectivity index (χ1n) is 5.14. The van der Waals surface area contributed by atoms with E-state index in [0.29, 0.717) is 6.54 Å². The molecule has 0 bridgehead atoms. The molecule has 0 aromatic carbocycles. The predicted octanol–water partition coefficient (Wildman–Crippen LogP) is 1.22. The second kappa shape index (κ2) is 5.63. The smallest absolute Gasteiger partial charge is 0.0767 e. The van der Waals surface area contributed by atoms with Crippen molar-refractivity contribution >= 4 is 15.9 Å². The molecule has 0 saturated carbocycles. The van der Waals surface area contributed by atoms with E-state index >= 15 is 0 Å². The Bertz CT molecular complexity index is 325. The Hall–Kier alpha value is -0.390. The minimum absolute atomic E-state index is 0.108. The average molecular weight is 276 g/mol. The Balaban J connectivity index is 2.72. The molecule has 1 unspecified atom stereocenters. The third-order valence-corrected chi connectivity index (χ3v) is 3.31. The normalized spacial score (nSPS) is 13.1. The quantitative estimate of drug-likeness (QED) is 0.850. The molecule has 86 valence electrons. The minimum Gasteiger partial charge on any atom is -0.395 e. The van der Waals surface area contributed by atoms with Crippen LogP contribution in [0.25, 0.3) is 0 Å². The van der Waals surface area contributed by atoms with E-state index in [2.05, 4.69) is 33.3 Å². The fourth-order valence-electron chi connectivity index (χ4n) is 1.35. The third-order valence-electron chi connectivity index (χ3n) is 2.39. The van der Waals surface area contributed by atoms with Crippen molar-refractivity contribution in [3.05, 3.63) is 15.9 Å². The van der Waals surface area contributed by atoms with Crippen LogP contribution in [-0.4, -0.2) is 27.5 Å². The molecule has 0 amide bonds. The largest absolute Gasteiger partial charge is 0.395 e. The van der Waals surface area contributed by atoms with Gasteiger partial charge in [0.1, 0.15) is 0 Å². The van der Waals surface area contributed by atoms with E-state index in [-0.39, 0.29) is 12.6 Å². The molecule has 1 atom stereocenters. The minimum atomic E-state index is 0.108. The molecule has 0 aliphatic rings. The van der Waals surface area contributed by atoms with Crippen LogP contribution in [0.5, 0.6) is 0 Å². The maximum Gasteiger partial charge on any atom is 0.0767 e. The highest BCUT2D eigenvalue weighted by molar-refractivity contribution is 9.10. The van der Waals surface area contributed by atoms with Crippen LogP contribution in [0.4, 0.5) is 0 Å². The van der Waals surface area contributed by atoms with Gasteiger partial charge in [-0.25, -0.2) is 0 Å². The maximum absolute atomic E-state index is 8.91. The van der Waals surface area contributed by atoms with Crippen molar-refractivity contribution in [1.29, 1.82) is 0 Å². The number of aryl methyl sites for hydroxylation is 2. The first-order valence-corrected chi connectivity index (χ1v) is 5.93. The molecule has 2 N–H and O–H groups in total. The number of halogens is 1. The molecule has 0 aliphatic carbocycles. The molecule has 1 rings (SSSR count). The molecule has 0 saturated heterocycles. The number of nitrogens with one attached hydrogen (secondary N) is 1. The van der Waals surface area contributed by atoms with E-state index in [1.54, 1.807) is 0 Å². The van der Waals surface area contributed by atoms with Gasteiger partial charge >= 0.3 is 0 Å². The Kier molecular flexibility index (Phi) is 4.76. The van der Waals surface area contributed by atoms with Gasteiger partial charge in [-0.3, -0.25) is 4.68 Å². The van der Waals surface area contributed by atoms with Crippen molar-refractivity contribution in [2.24, 2.45) is 7.05 Å². The zero-order valence-corrected chi connectivity index (χ0v) is 11.0. The molecule has 4 nitrogen and oxygen atoms in total. The highest BCUT2D eigenvalue weighted by Gasteiger charge is 2.12. The SMILES string of the molecule is CCc1nn(C)c(CNC(C)CO)c1Br. The van der Waals surface area contributed by atoms with E-state index in [1.807, 2.05) is 18.7 Å². The summed E-state index contributed by atoms with van der Waals surface area (Å²) < 4.78 is 2.95. The van der Waals surface area contributed by atoms with Crippen molar-refractivity contribution < 1.29 is 5.11 Å². The summed E-state index contributed by atoms with van der Waals surface area (Å²) >= 11 is 3.55. The van der Waals surface area contributed by atoms with Crippen molar-refractivity contribution in [1.82, 2.24) is 15.1 Å². The Morgan fingerprint density at radius 3 is 2.73 bits per heavy atom. The first-order chi connectivity index (χ1) is 7.10. The Labute approximate surface area is 98.8 Å². The van der Waals surface area contributed by atoms with Crippen LogP contribution in [0.3, 0.4) is 0 Å².